The van der Waals surface area contributed by atoms with E-state index < -0.39 is 36.6 Å². The van der Waals surface area contributed by atoms with Gasteiger partial charge in [0.15, 0.2) is 18.5 Å². The summed E-state index contributed by atoms with van der Waals surface area (Å²) >= 11 is 0. The number of ether oxygens (including phenoxy) is 2. The molecule has 0 amide bonds. The number of aromatic nitrogens is 4. The molecular weight excluding hydrogens is 356 g/mol. The molecule has 1 aliphatic heterocycles. The fourth-order valence-corrected chi connectivity index (χ4v) is 2.96. The number of rotatable bonds is 6. The fraction of sp³-hybridized carbons (Fsp3) is 0.625. The number of aliphatic hydroxyl groups excluding tert-OH is 2. The first-order valence-electron chi connectivity index (χ1n) is 8.77. The number of hydrogen-bond donors (Lipinski definition) is 5. The highest BCUT2D eigenvalue weighted by atomic mass is 16.6. The summed E-state index contributed by atoms with van der Waals surface area (Å²) in [7, 11) is 0. The number of fused-ring (bicyclic) bond motifs is 1. The van der Waals surface area contributed by atoms with Crippen LogP contribution in [0.4, 0.5) is 5.82 Å². The molecule has 0 unspecified atom stereocenters. The minimum Gasteiger partial charge on any atom is -0.462 e. The number of nitrogens with one attached hydrogen (secondary N) is 1. The molecule has 148 valence electrons. The number of hydrogen-bond acceptors (Lipinski definition) is 9. The van der Waals surface area contributed by atoms with Gasteiger partial charge in [-0.05, 0) is 5.92 Å². The number of nitrogen functional groups attached to an aromatic ring is 1. The second-order valence-corrected chi connectivity index (χ2v) is 6.73. The van der Waals surface area contributed by atoms with Crippen molar-refractivity contribution in [3.05, 3.63) is 12.7 Å². The lowest BCUT2D eigenvalue weighted by Crippen LogP contribution is -2.45. The van der Waals surface area contributed by atoms with Gasteiger partial charge >= 0.3 is 11.6 Å². The Labute approximate surface area is 155 Å². The molecule has 27 heavy (non-hydrogen) atoms. The first-order chi connectivity index (χ1) is 12.8. The third-order valence-corrected chi connectivity index (χ3v) is 4.98. The van der Waals surface area contributed by atoms with Gasteiger partial charge in [-0.25, -0.2) is 4.57 Å². The van der Waals surface area contributed by atoms with Gasteiger partial charge in [-0.2, -0.15) is 4.98 Å². The van der Waals surface area contributed by atoms with Crippen molar-refractivity contribution in [1.82, 2.24) is 15.0 Å². The summed E-state index contributed by atoms with van der Waals surface area (Å²) in [4.78, 5) is 22.9. The van der Waals surface area contributed by atoms with Crippen LogP contribution in [0.3, 0.4) is 0 Å². The minimum absolute atomic E-state index is 0.0304. The summed E-state index contributed by atoms with van der Waals surface area (Å²) < 4.78 is 12.4. The lowest BCUT2D eigenvalue weighted by Gasteiger charge is -2.19. The molecule has 0 spiro atoms. The van der Waals surface area contributed by atoms with Gasteiger partial charge in [0.1, 0.15) is 31.0 Å². The van der Waals surface area contributed by atoms with Gasteiger partial charge < -0.3 is 31.2 Å². The number of carbonyl (C=O) groups excluding carboxylic acids is 1. The van der Waals surface area contributed by atoms with Gasteiger partial charge in [0.2, 0.25) is 11.7 Å². The Kier molecular flexibility index (Phi) is 5.56. The highest BCUT2D eigenvalue weighted by molar-refractivity contribution is 5.78. The molecule has 0 bridgehead atoms. The summed E-state index contributed by atoms with van der Waals surface area (Å²) in [6, 6.07) is -0.753. The third kappa shape index (κ3) is 3.58. The molecule has 6 atom stereocenters. The summed E-state index contributed by atoms with van der Waals surface area (Å²) in [5.74, 6) is -0.355. The molecule has 1 fully saturated rings. The van der Waals surface area contributed by atoms with E-state index in [0.29, 0.717) is 11.2 Å². The molecule has 0 aliphatic carbocycles. The van der Waals surface area contributed by atoms with Gasteiger partial charge in [0.05, 0.1) is 0 Å². The van der Waals surface area contributed by atoms with Gasteiger partial charge in [-0.15, -0.1) is 0 Å². The van der Waals surface area contributed by atoms with E-state index in [1.807, 2.05) is 13.8 Å². The van der Waals surface area contributed by atoms with Crippen LogP contribution in [-0.4, -0.2) is 62.1 Å². The molecule has 0 aromatic carbocycles. The number of H-pyrrole nitrogens is 1. The number of aliphatic hydroxyl groups is 2. The SMILES string of the molecule is CC[C@H](C)[C@H](N)C(=O)OC[C@H]1O[C@@H]([n+]2c[nH]c3c(N)ncnc32)[C@@H](O)[C@@H]1O. The van der Waals surface area contributed by atoms with Crippen molar-refractivity contribution in [2.45, 2.75) is 50.8 Å². The maximum atomic E-state index is 12.0. The average Bonchev–Trinajstić information content (AvgIpc) is 3.21. The van der Waals surface area contributed by atoms with E-state index in [9.17, 15) is 15.0 Å². The fourth-order valence-electron chi connectivity index (χ4n) is 2.96. The summed E-state index contributed by atoms with van der Waals surface area (Å²) in [6.45, 7) is 3.56. The van der Waals surface area contributed by atoms with E-state index in [1.165, 1.54) is 17.2 Å². The molecule has 3 rings (SSSR count). The van der Waals surface area contributed by atoms with Crippen LogP contribution in [0.25, 0.3) is 11.2 Å². The Morgan fingerprint density at radius 3 is 2.89 bits per heavy atom. The molecule has 1 saturated heterocycles. The number of imidazole rings is 1. The molecular formula is C16H25N6O5+. The van der Waals surface area contributed by atoms with E-state index in [0.717, 1.165) is 6.42 Å². The van der Waals surface area contributed by atoms with E-state index >= 15 is 0 Å². The minimum atomic E-state index is -1.25. The van der Waals surface area contributed by atoms with Crippen LogP contribution in [0.15, 0.2) is 12.7 Å². The van der Waals surface area contributed by atoms with Crippen LogP contribution in [0.5, 0.6) is 0 Å². The Morgan fingerprint density at radius 2 is 2.19 bits per heavy atom. The van der Waals surface area contributed by atoms with Crippen LogP contribution in [0.2, 0.25) is 0 Å². The smallest absolute Gasteiger partial charge is 0.323 e. The molecule has 1 aliphatic rings. The first-order valence-corrected chi connectivity index (χ1v) is 8.77. The lowest BCUT2D eigenvalue weighted by molar-refractivity contribution is -0.745. The van der Waals surface area contributed by atoms with E-state index in [-0.39, 0.29) is 18.3 Å². The van der Waals surface area contributed by atoms with E-state index in [1.54, 1.807) is 0 Å². The summed E-state index contributed by atoms with van der Waals surface area (Å²) in [5.41, 5.74) is 12.5. The highest BCUT2D eigenvalue weighted by Gasteiger charge is 2.47. The van der Waals surface area contributed by atoms with E-state index in [4.69, 9.17) is 20.9 Å². The summed E-state index contributed by atoms with van der Waals surface area (Å²) in [6.07, 6.45) is -0.804. The molecule has 0 radical (unpaired) electrons. The van der Waals surface area contributed by atoms with Crippen LogP contribution in [-0.2, 0) is 14.3 Å². The lowest BCUT2D eigenvalue weighted by atomic mass is 10.0. The van der Waals surface area contributed by atoms with Crippen molar-refractivity contribution >= 4 is 23.0 Å². The molecule has 11 heteroatoms. The molecule has 7 N–H and O–H groups in total. The summed E-state index contributed by atoms with van der Waals surface area (Å²) in [5, 5.41) is 20.7. The number of nitrogens with two attached hydrogens (primary N) is 2. The normalized spacial score (nSPS) is 27.6. The zero-order valence-corrected chi connectivity index (χ0v) is 15.1. The van der Waals surface area contributed by atoms with Crippen LogP contribution >= 0.6 is 0 Å². The maximum absolute atomic E-state index is 12.0. The standard InChI is InChI=1S/C16H24N6O5/c1-3-7(2)9(17)16(25)26-4-8-11(23)12(24)15(27-8)22-6-21-10-13(18)19-5-20-14(10)22/h5-9,11-12,15,23-24H,3-4,17H2,1-2H3,(H2,18,19,20)/p+1/t7-,8+,9-,11+,12-,15+/m0/s1. The molecule has 2 aromatic heterocycles. The molecule has 2 aromatic rings. The van der Waals surface area contributed by atoms with Gasteiger partial charge in [0, 0.05) is 0 Å². The molecule has 0 saturated carbocycles. The van der Waals surface area contributed by atoms with Gasteiger partial charge in [-0.3, -0.25) is 9.78 Å². The number of esters is 1. The largest absolute Gasteiger partial charge is 0.462 e. The van der Waals surface area contributed by atoms with Crippen molar-refractivity contribution in [2.75, 3.05) is 12.3 Å². The number of nitrogens with zero attached hydrogens (tertiary/aromatic N) is 3. The number of anilines is 1. The van der Waals surface area contributed by atoms with Crippen molar-refractivity contribution < 1.29 is 29.0 Å². The van der Waals surface area contributed by atoms with Crippen molar-refractivity contribution in [3.8, 4) is 0 Å². The van der Waals surface area contributed by atoms with Crippen LogP contribution in [0, 0.1) is 5.92 Å². The Bertz CT molecular complexity index is 814. The Balaban J connectivity index is 1.70. The van der Waals surface area contributed by atoms with Crippen molar-refractivity contribution in [1.29, 1.82) is 0 Å². The van der Waals surface area contributed by atoms with Crippen molar-refractivity contribution in [2.24, 2.45) is 11.7 Å². The predicted molar refractivity (Wildman–Crippen MR) is 92.8 cm³/mol. The quantitative estimate of drug-likeness (QED) is 0.290. The first kappa shape index (κ1) is 19.4. The van der Waals surface area contributed by atoms with Crippen LogP contribution in [0.1, 0.15) is 26.5 Å². The van der Waals surface area contributed by atoms with Crippen molar-refractivity contribution in [3.63, 3.8) is 0 Å². The molecule has 3 heterocycles. The predicted octanol–water partition coefficient (Wildman–Crippen LogP) is -1.64. The number of aromatic amines is 1. The highest BCUT2D eigenvalue weighted by Crippen LogP contribution is 2.27. The van der Waals surface area contributed by atoms with Gasteiger partial charge in [0.25, 0.3) is 0 Å². The third-order valence-electron chi connectivity index (χ3n) is 4.98. The Morgan fingerprint density at radius 1 is 1.44 bits per heavy atom. The monoisotopic (exact) mass is 381 g/mol. The van der Waals surface area contributed by atoms with Gasteiger partial charge in [-0.1, -0.05) is 25.3 Å². The number of carbonyl (C=O) groups is 1. The molecule has 11 nitrogen and oxygen atoms in total. The Hall–Kier alpha value is -2.34. The topological polar surface area (TPSA) is 173 Å². The van der Waals surface area contributed by atoms with E-state index in [2.05, 4.69) is 15.0 Å². The van der Waals surface area contributed by atoms with Crippen LogP contribution < -0.4 is 16.0 Å². The average molecular weight is 381 g/mol. The second kappa shape index (κ2) is 7.72. The zero-order valence-electron chi connectivity index (χ0n) is 15.1. The maximum Gasteiger partial charge on any atom is 0.323 e. The second-order valence-electron chi connectivity index (χ2n) is 6.73. The zero-order chi connectivity index (χ0) is 19.7.